The number of nitrogens with zero attached hydrogens (tertiary/aromatic N) is 3. The molecule has 2 aromatic rings. The minimum atomic E-state index is -0.538. The van der Waals surface area contributed by atoms with Gasteiger partial charge in [-0.1, -0.05) is 23.2 Å². The smallest absolute Gasteiger partial charge is 0.167 e. The van der Waals surface area contributed by atoms with Gasteiger partial charge in [0.2, 0.25) is 0 Å². The molecule has 0 unspecified atom stereocenters. The Hall–Kier alpha value is -2.12. The highest BCUT2D eigenvalue weighted by Gasteiger charge is 2.53. The van der Waals surface area contributed by atoms with Gasteiger partial charge in [0.05, 0.1) is 21.1 Å². The summed E-state index contributed by atoms with van der Waals surface area (Å²) < 4.78 is 27.7. The Morgan fingerprint density at radius 2 is 1.93 bits per heavy atom. The Labute approximate surface area is 165 Å². The standard InChI is InChI=1S/C18H17Cl2F2N5/c19-10-5-13(22)17(25-8-10)26-3-4-27(18(9-26)1-2-18)16(24)15-12(20)6-11(21)7-14(15)23/h5-8,24H,1-4,9,23H2. The SMILES string of the molecule is N=C(c1c(N)cc(F)cc1Cl)N1CCN(c2ncc(Cl)cc2F)CC12CC2. The van der Waals surface area contributed by atoms with E-state index in [1.165, 1.54) is 18.3 Å². The maximum Gasteiger partial charge on any atom is 0.167 e. The Balaban J connectivity index is 1.60. The van der Waals surface area contributed by atoms with Crippen molar-refractivity contribution in [2.75, 3.05) is 30.3 Å². The second-order valence-electron chi connectivity index (χ2n) is 6.96. The van der Waals surface area contributed by atoms with Crippen LogP contribution in [0.4, 0.5) is 20.3 Å². The molecule has 142 valence electrons. The zero-order valence-corrected chi connectivity index (χ0v) is 15.8. The number of pyridine rings is 1. The summed E-state index contributed by atoms with van der Waals surface area (Å²) in [5, 5.41) is 8.99. The molecule has 2 fully saturated rings. The van der Waals surface area contributed by atoms with E-state index in [1.807, 2.05) is 9.80 Å². The second-order valence-corrected chi connectivity index (χ2v) is 7.80. The van der Waals surface area contributed by atoms with Gasteiger partial charge in [-0.2, -0.15) is 0 Å². The zero-order chi connectivity index (χ0) is 19.3. The third-order valence-corrected chi connectivity index (χ3v) is 5.66. The van der Waals surface area contributed by atoms with E-state index in [0.717, 1.165) is 18.9 Å². The maximum atomic E-state index is 14.3. The number of nitrogen functional groups attached to an aromatic ring is 1. The van der Waals surface area contributed by atoms with Crippen molar-refractivity contribution < 1.29 is 8.78 Å². The summed E-state index contributed by atoms with van der Waals surface area (Å²) >= 11 is 11.9. The highest BCUT2D eigenvalue weighted by atomic mass is 35.5. The molecule has 3 N–H and O–H groups in total. The number of aromatic nitrogens is 1. The van der Waals surface area contributed by atoms with Crippen LogP contribution in [0.5, 0.6) is 0 Å². The number of hydrogen-bond donors (Lipinski definition) is 2. The van der Waals surface area contributed by atoms with Gasteiger partial charge in [-0.05, 0) is 31.0 Å². The van der Waals surface area contributed by atoms with Crippen LogP contribution in [0, 0.1) is 17.0 Å². The van der Waals surface area contributed by atoms with E-state index in [9.17, 15) is 8.78 Å². The number of benzene rings is 1. The molecule has 1 saturated carbocycles. The average Bonchev–Trinajstić information content (AvgIpc) is 3.33. The maximum absolute atomic E-state index is 14.3. The van der Waals surface area contributed by atoms with Crippen LogP contribution in [0.25, 0.3) is 0 Å². The lowest BCUT2D eigenvalue weighted by atomic mass is 10.1. The number of nitrogens with one attached hydrogen (secondary N) is 1. The molecule has 9 heteroatoms. The molecule has 5 nitrogen and oxygen atoms in total. The summed E-state index contributed by atoms with van der Waals surface area (Å²) in [4.78, 5) is 7.94. The van der Waals surface area contributed by atoms with Crippen molar-refractivity contribution in [3.8, 4) is 0 Å². The lowest BCUT2D eigenvalue weighted by Crippen LogP contribution is -2.57. The first-order valence-corrected chi connectivity index (χ1v) is 9.23. The molecule has 27 heavy (non-hydrogen) atoms. The van der Waals surface area contributed by atoms with E-state index in [-0.39, 0.29) is 32.9 Å². The van der Waals surface area contributed by atoms with Gasteiger partial charge in [0.15, 0.2) is 11.6 Å². The molecule has 1 spiro atoms. The largest absolute Gasteiger partial charge is 0.398 e. The summed E-state index contributed by atoms with van der Waals surface area (Å²) in [5.41, 5.74) is 6.08. The number of nitrogens with two attached hydrogens (primary N) is 1. The van der Waals surface area contributed by atoms with Crippen molar-refractivity contribution in [2.24, 2.45) is 0 Å². The minimum absolute atomic E-state index is 0.112. The number of piperazine rings is 1. The quantitative estimate of drug-likeness (QED) is 0.446. The first-order chi connectivity index (χ1) is 12.8. The van der Waals surface area contributed by atoms with Gasteiger partial charge in [-0.25, -0.2) is 13.8 Å². The Morgan fingerprint density at radius 3 is 2.56 bits per heavy atom. The molecule has 0 atom stereocenters. The van der Waals surface area contributed by atoms with E-state index in [4.69, 9.17) is 34.3 Å². The zero-order valence-electron chi connectivity index (χ0n) is 14.3. The molecule has 4 rings (SSSR count). The van der Waals surface area contributed by atoms with Crippen LogP contribution in [0.1, 0.15) is 18.4 Å². The van der Waals surface area contributed by atoms with E-state index in [2.05, 4.69) is 4.98 Å². The number of halogens is 4. The van der Waals surface area contributed by atoms with Crippen LogP contribution in [0.3, 0.4) is 0 Å². The normalized spacial score (nSPS) is 18.1. The van der Waals surface area contributed by atoms with Crippen molar-refractivity contribution in [2.45, 2.75) is 18.4 Å². The molecular formula is C18H17Cl2F2N5. The number of hydrogen-bond acceptors (Lipinski definition) is 4. The highest BCUT2D eigenvalue weighted by Crippen LogP contribution is 2.46. The van der Waals surface area contributed by atoms with Crippen LogP contribution in [0.15, 0.2) is 24.4 Å². The lowest BCUT2D eigenvalue weighted by molar-refractivity contribution is 0.257. The van der Waals surface area contributed by atoms with Gasteiger partial charge in [0, 0.05) is 31.5 Å². The minimum Gasteiger partial charge on any atom is -0.398 e. The first-order valence-electron chi connectivity index (χ1n) is 8.48. The fourth-order valence-electron chi connectivity index (χ4n) is 3.70. The van der Waals surface area contributed by atoms with E-state index in [1.54, 1.807) is 0 Å². The van der Waals surface area contributed by atoms with Crippen molar-refractivity contribution >= 4 is 40.5 Å². The van der Waals surface area contributed by atoms with Crippen LogP contribution in [0.2, 0.25) is 10.0 Å². The lowest BCUT2D eigenvalue weighted by Gasteiger charge is -2.44. The Kier molecular flexibility index (Phi) is 4.39. The van der Waals surface area contributed by atoms with Gasteiger partial charge in [0.25, 0.3) is 0 Å². The van der Waals surface area contributed by atoms with Crippen molar-refractivity contribution in [3.05, 3.63) is 51.6 Å². The molecule has 2 aliphatic rings. The average molecular weight is 412 g/mol. The molecular weight excluding hydrogens is 395 g/mol. The van der Waals surface area contributed by atoms with E-state index < -0.39 is 11.6 Å². The topological polar surface area (TPSA) is 69.2 Å². The Morgan fingerprint density at radius 1 is 1.19 bits per heavy atom. The molecule has 0 radical (unpaired) electrons. The van der Waals surface area contributed by atoms with E-state index >= 15 is 0 Å². The summed E-state index contributed by atoms with van der Waals surface area (Å²) in [6, 6.07) is 3.57. The van der Waals surface area contributed by atoms with Crippen LogP contribution in [-0.2, 0) is 0 Å². The predicted octanol–water partition coefficient (Wildman–Crippen LogP) is 3.93. The van der Waals surface area contributed by atoms with Crippen LogP contribution < -0.4 is 10.6 Å². The van der Waals surface area contributed by atoms with Crippen LogP contribution in [-0.4, -0.2) is 40.9 Å². The summed E-state index contributed by atoms with van der Waals surface area (Å²) in [6.45, 7) is 1.49. The summed E-state index contributed by atoms with van der Waals surface area (Å²) in [7, 11) is 0. The van der Waals surface area contributed by atoms with E-state index in [0.29, 0.717) is 25.2 Å². The molecule has 1 aromatic carbocycles. The molecule has 1 aliphatic carbocycles. The van der Waals surface area contributed by atoms with Crippen molar-refractivity contribution in [1.82, 2.24) is 9.88 Å². The van der Waals surface area contributed by atoms with Gasteiger partial charge in [0.1, 0.15) is 11.7 Å². The van der Waals surface area contributed by atoms with Gasteiger partial charge >= 0.3 is 0 Å². The second kappa shape index (κ2) is 6.49. The fourth-order valence-corrected chi connectivity index (χ4v) is 4.15. The highest BCUT2D eigenvalue weighted by molar-refractivity contribution is 6.34. The third-order valence-electron chi connectivity index (χ3n) is 5.16. The monoisotopic (exact) mass is 411 g/mol. The molecule has 1 aliphatic heterocycles. The number of rotatable bonds is 2. The molecule has 0 amide bonds. The predicted molar refractivity (Wildman–Crippen MR) is 103 cm³/mol. The molecule has 1 aromatic heterocycles. The Bertz CT molecular complexity index is 909. The first kappa shape index (κ1) is 18.3. The van der Waals surface area contributed by atoms with Crippen LogP contribution >= 0.6 is 23.2 Å². The third kappa shape index (κ3) is 3.19. The number of anilines is 2. The van der Waals surface area contributed by atoms with Crippen molar-refractivity contribution in [3.63, 3.8) is 0 Å². The summed E-state index contributed by atoms with van der Waals surface area (Å²) in [6.07, 6.45) is 3.15. The summed E-state index contributed by atoms with van der Waals surface area (Å²) in [5.74, 6) is -0.577. The fraction of sp³-hybridized carbons (Fsp3) is 0.333. The van der Waals surface area contributed by atoms with Gasteiger partial charge in [-0.3, -0.25) is 5.41 Å². The molecule has 1 saturated heterocycles. The molecule has 2 heterocycles. The molecule has 0 bridgehead atoms. The van der Waals surface area contributed by atoms with Gasteiger partial charge < -0.3 is 15.5 Å². The number of amidine groups is 1. The van der Waals surface area contributed by atoms with Crippen molar-refractivity contribution in [1.29, 1.82) is 5.41 Å². The van der Waals surface area contributed by atoms with Gasteiger partial charge in [-0.15, -0.1) is 0 Å².